The van der Waals surface area contributed by atoms with Crippen molar-refractivity contribution < 1.29 is 14.1 Å². The van der Waals surface area contributed by atoms with Crippen molar-refractivity contribution in [2.75, 3.05) is 5.32 Å². The van der Waals surface area contributed by atoms with Gasteiger partial charge in [-0.25, -0.2) is 4.79 Å². The minimum atomic E-state index is -0.705. The van der Waals surface area contributed by atoms with Crippen LogP contribution in [0.5, 0.6) is 0 Å². The van der Waals surface area contributed by atoms with E-state index in [2.05, 4.69) is 5.32 Å². The smallest absolute Gasteiger partial charge is 0.349 e. The van der Waals surface area contributed by atoms with Crippen molar-refractivity contribution >= 4 is 28.3 Å². The fourth-order valence-electron chi connectivity index (χ4n) is 2.94. The zero-order chi connectivity index (χ0) is 20.4. The highest BCUT2D eigenvalue weighted by Gasteiger charge is 2.14. The average molecular weight is 386 g/mol. The summed E-state index contributed by atoms with van der Waals surface area (Å²) in [6.07, 6.45) is 0. The standard InChI is InChI=1S/C22H14N2O5/c25-21(19-13-16-3-1-2-4-20(16)29-22(19)26)23-17-9-5-14(6-10-17)15-7-11-18(12-8-15)24(27)28/h1-13H,(H,23,25). The molecule has 0 aliphatic heterocycles. The molecule has 1 heterocycles. The topological polar surface area (TPSA) is 102 Å². The van der Waals surface area contributed by atoms with E-state index in [0.717, 1.165) is 11.1 Å². The van der Waals surface area contributed by atoms with Crippen LogP contribution < -0.4 is 10.9 Å². The van der Waals surface area contributed by atoms with Gasteiger partial charge in [0.05, 0.1) is 4.92 Å². The third-order valence-electron chi connectivity index (χ3n) is 4.44. The number of carbonyl (C=O) groups is 1. The number of nitrogens with zero attached hydrogens (tertiary/aromatic N) is 1. The van der Waals surface area contributed by atoms with Gasteiger partial charge in [-0.2, -0.15) is 0 Å². The molecule has 0 saturated heterocycles. The number of amides is 1. The first kappa shape index (κ1) is 18.1. The van der Waals surface area contributed by atoms with Gasteiger partial charge in [0, 0.05) is 23.2 Å². The SMILES string of the molecule is O=C(Nc1ccc(-c2ccc([N+](=O)[O-])cc2)cc1)c1cc2ccccc2oc1=O. The summed E-state index contributed by atoms with van der Waals surface area (Å²) in [4.78, 5) is 34.9. The number of anilines is 1. The van der Waals surface area contributed by atoms with Gasteiger partial charge < -0.3 is 9.73 Å². The summed E-state index contributed by atoms with van der Waals surface area (Å²) in [7, 11) is 0. The van der Waals surface area contributed by atoms with E-state index in [1.54, 1.807) is 60.7 Å². The fraction of sp³-hybridized carbons (Fsp3) is 0. The summed E-state index contributed by atoms with van der Waals surface area (Å²) in [6.45, 7) is 0. The Hall–Kier alpha value is -4.26. The first-order chi connectivity index (χ1) is 14.0. The Morgan fingerprint density at radius 3 is 2.17 bits per heavy atom. The second-order valence-electron chi connectivity index (χ2n) is 6.32. The van der Waals surface area contributed by atoms with Crippen LogP contribution >= 0.6 is 0 Å². The van der Waals surface area contributed by atoms with Gasteiger partial charge in [0.1, 0.15) is 11.1 Å². The van der Waals surface area contributed by atoms with Crippen LogP contribution in [0.15, 0.2) is 88.1 Å². The Bertz CT molecular complexity index is 1280. The average Bonchev–Trinajstić information content (AvgIpc) is 2.74. The highest BCUT2D eigenvalue weighted by Crippen LogP contribution is 2.24. The summed E-state index contributed by atoms with van der Waals surface area (Å²) in [5.41, 5.74) is 1.81. The number of hydrogen-bond donors (Lipinski definition) is 1. The van der Waals surface area contributed by atoms with Gasteiger partial charge >= 0.3 is 5.63 Å². The lowest BCUT2D eigenvalue weighted by atomic mass is 10.0. The number of hydrogen-bond acceptors (Lipinski definition) is 5. The Morgan fingerprint density at radius 2 is 1.52 bits per heavy atom. The molecule has 0 atom stereocenters. The number of nitro groups is 1. The number of nitrogens with one attached hydrogen (secondary N) is 1. The Kier molecular flexibility index (Phi) is 4.62. The predicted octanol–water partition coefficient (Wildman–Crippen LogP) is 4.62. The predicted molar refractivity (Wildman–Crippen MR) is 109 cm³/mol. The molecule has 0 saturated carbocycles. The first-order valence-electron chi connectivity index (χ1n) is 8.70. The normalized spacial score (nSPS) is 10.6. The molecule has 0 aliphatic rings. The molecule has 1 aromatic heterocycles. The summed E-state index contributed by atoms with van der Waals surface area (Å²) in [5.74, 6) is -0.562. The van der Waals surface area contributed by atoms with Crippen molar-refractivity contribution in [3.63, 3.8) is 0 Å². The summed E-state index contributed by atoms with van der Waals surface area (Å²) in [5, 5.41) is 14.1. The van der Waals surface area contributed by atoms with E-state index >= 15 is 0 Å². The fourth-order valence-corrected chi connectivity index (χ4v) is 2.94. The minimum absolute atomic E-state index is 0.0202. The minimum Gasteiger partial charge on any atom is -0.422 e. The molecule has 0 radical (unpaired) electrons. The Labute approximate surface area is 164 Å². The van der Waals surface area contributed by atoms with Crippen LogP contribution in [0.1, 0.15) is 10.4 Å². The van der Waals surface area contributed by atoms with Crippen molar-refractivity contribution in [2.24, 2.45) is 0 Å². The molecule has 29 heavy (non-hydrogen) atoms. The van der Waals surface area contributed by atoms with Crippen LogP contribution in [-0.4, -0.2) is 10.8 Å². The second-order valence-corrected chi connectivity index (χ2v) is 6.32. The number of para-hydroxylation sites is 1. The maximum absolute atomic E-state index is 12.5. The van der Waals surface area contributed by atoms with E-state index < -0.39 is 16.5 Å². The number of carbonyl (C=O) groups excluding carboxylic acids is 1. The maximum atomic E-state index is 12.5. The van der Waals surface area contributed by atoms with Crippen LogP contribution in [-0.2, 0) is 0 Å². The number of fused-ring (bicyclic) bond motifs is 1. The van der Waals surface area contributed by atoms with Gasteiger partial charge in [0.15, 0.2) is 0 Å². The van der Waals surface area contributed by atoms with E-state index in [0.29, 0.717) is 16.7 Å². The lowest BCUT2D eigenvalue weighted by molar-refractivity contribution is -0.384. The zero-order valence-corrected chi connectivity index (χ0v) is 15.0. The molecular formula is C22H14N2O5. The molecule has 0 fully saturated rings. The lowest BCUT2D eigenvalue weighted by Gasteiger charge is -2.07. The molecule has 0 aliphatic carbocycles. The molecule has 7 heteroatoms. The van der Waals surface area contributed by atoms with Crippen LogP contribution in [0, 0.1) is 10.1 Å². The molecule has 142 valence electrons. The van der Waals surface area contributed by atoms with Gasteiger partial charge in [-0.1, -0.05) is 30.3 Å². The molecule has 7 nitrogen and oxygen atoms in total. The van der Waals surface area contributed by atoms with E-state index in [4.69, 9.17) is 4.42 Å². The highest BCUT2D eigenvalue weighted by molar-refractivity contribution is 6.05. The number of nitro benzene ring substituents is 1. The maximum Gasteiger partial charge on any atom is 0.349 e. The molecular weight excluding hydrogens is 372 g/mol. The molecule has 3 aromatic carbocycles. The Morgan fingerprint density at radius 1 is 0.897 bits per heavy atom. The van der Waals surface area contributed by atoms with Crippen LogP contribution in [0.3, 0.4) is 0 Å². The molecule has 1 amide bonds. The van der Waals surface area contributed by atoms with Crippen LogP contribution in [0.25, 0.3) is 22.1 Å². The molecule has 0 bridgehead atoms. The quantitative estimate of drug-likeness (QED) is 0.313. The van der Waals surface area contributed by atoms with E-state index in [9.17, 15) is 19.7 Å². The van der Waals surface area contributed by atoms with Crippen LogP contribution in [0.2, 0.25) is 0 Å². The van der Waals surface area contributed by atoms with Crippen molar-refractivity contribution in [2.45, 2.75) is 0 Å². The zero-order valence-electron chi connectivity index (χ0n) is 15.0. The van der Waals surface area contributed by atoms with Gasteiger partial charge in [-0.3, -0.25) is 14.9 Å². The van der Waals surface area contributed by atoms with Crippen molar-refractivity contribution in [3.05, 3.63) is 105 Å². The summed E-state index contributed by atoms with van der Waals surface area (Å²) < 4.78 is 5.19. The second kappa shape index (κ2) is 7.40. The van der Waals surface area contributed by atoms with Crippen LogP contribution in [0.4, 0.5) is 11.4 Å². The van der Waals surface area contributed by atoms with E-state index in [1.165, 1.54) is 18.2 Å². The lowest BCUT2D eigenvalue weighted by Crippen LogP contribution is -2.20. The van der Waals surface area contributed by atoms with Gasteiger partial charge in [-0.15, -0.1) is 0 Å². The molecule has 0 unspecified atom stereocenters. The van der Waals surface area contributed by atoms with Crippen molar-refractivity contribution in [3.8, 4) is 11.1 Å². The Balaban J connectivity index is 1.54. The molecule has 0 spiro atoms. The van der Waals surface area contributed by atoms with E-state index in [-0.39, 0.29) is 11.3 Å². The van der Waals surface area contributed by atoms with Crippen molar-refractivity contribution in [1.82, 2.24) is 0 Å². The van der Waals surface area contributed by atoms with E-state index in [1.807, 2.05) is 0 Å². The number of non-ortho nitro benzene ring substituents is 1. The van der Waals surface area contributed by atoms with Gasteiger partial charge in [0.25, 0.3) is 11.6 Å². The third kappa shape index (κ3) is 3.74. The van der Waals surface area contributed by atoms with Crippen molar-refractivity contribution in [1.29, 1.82) is 0 Å². The number of rotatable bonds is 4. The third-order valence-corrected chi connectivity index (χ3v) is 4.44. The monoisotopic (exact) mass is 386 g/mol. The largest absolute Gasteiger partial charge is 0.422 e. The highest BCUT2D eigenvalue weighted by atomic mass is 16.6. The molecule has 4 aromatic rings. The molecule has 1 N–H and O–H groups in total. The first-order valence-corrected chi connectivity index (χ1v) is 8.70. The number of benzene rings is 3. The van der Waals surface area contributed by atoms with Gasteiger partial charge in [0.2, 0.25) is 0 Å². The summed E-state index contributed by atoms with van der Waals surface area (Å²) >= 11 is 0. The molecule has 4 rings (SSSR count). The van der Waals surface area contributed by atoms with Gasteiger partial charge in [-0.05, 0) is 47.5 Å². The summed E-state index contributed by atoms with van der Waals surface area (Å²) in [6, 6.07) is 21.6.